The van der Waals surface area contributed by atoms with Gasteiger partial charge in [-0.05, 0) is 37.8 Å². The Bertz CT molecular complexity index is 602. The number of anilines is 1. The predicted octanol–water partition coefficient (Wildman–Crippen LogP) is 4.07. The van der Waals surface area contributed by atoms with Crippen LogP contribution in [0.2, 0.25) is 0 Å². The average molecular weight is 281 g/mol. The molecule has 2 aromatic rings. The van der Waals surface area contributed by atoms with E-state index in [0.717, 1.165) is 24.2 Å². The van der Waals surface area contributed by atoms with Crippen LogP contribution in [0.15, 0.2) is 48.5 Å². The van der Waals surface area contributed by atoms with Crippen molar-refractivity contribution in [1.82, 2.24) is 0 Å². The van der Waals surface area contributed by atoms with Crippen molar-refractivity contribution in [2.75, 3.05) is 18.0 Å². The highest BCUT2D eigenvalue weighted by Gasteiger charge is 2.19. The van der Waals surface area contributed by atoms with E-state index in [2.05, 4.69) is 42.2 Å². The van der Waals surface area contributed by atoms with Crippen LogP contribution in [0.4, 0.5) is 5.69 Å². The molecule has 0 bridgehead atoms. The number of hydrogen-bond acceptors (Lipinski definition) is 2. The fraction of sp³-hybridized carbons (Fsp3) is 0.368. The summed E-state index contributed by atoms with van der Waals surface area (Å²) in [6.07, 6.45) is 3.26. The van der Waals surface area contributed by atoms with Crippen LogP contribution in [0.1, 0.15) is 42.1 Å². The Morgan fingerprint density at radius 1 is 0.952 bits per heavy atom. The number of rotatable bonds is 3. The summed E-state index contributed by atoms with van der Waals surface area (Å²) in [5.41, 5.74) is 4.36. The van der Waals surface area contributed by atoms with Crippen molar-refractivity contribution in [1.29, 1.82) is 0 Å². The molecule has 1 aliphatic heterocycles. The minimum Gasteiger partial charge on any atom is -0.384 e. The van der Waals surface area contributed by atoms with Gasteiger partial charge in [0.15, 0.2) is 0 Å². The van der Waals surface area contributed by atoms with Crippen molar-refractivity contribution in [3.63, 3.8) is 0 Å². The third kappa shape index (κ3) is 3.11. The quantitative estimate of drug-likeness (QED) is 0.917. The van der Waals surface area contributed by atoms with E-state index in [0.29, 0.717) is 0 Å². The van der Waals surface area contributed by atoms with E-state index >= 15 is 0 Å². The number of hydrogen-bond donors (Lipinski definition) is 1. The zero-order valence-electron chi connectivity index (χ0n) is 12.6. The van der Waals surface area contributed by atoms with Gasteiger partial charge in [-0.2, -0.15) is 0 Å². The maximum Gasteiger partial charge on any atom is 0.106 e. The zero-order chi connectivity index (χ0) is 14.7. The lowest BCUT2D eigenvalue weighted by Gasteiger charge is -2.31. The molecule has 1 saturated heterocycles. The van der Waals surface area contributed by atoms with Crippen LogP contribution in [0.5, 0.6) is 0 Å². The molecule has 2 nitrogen and oxygen atoms in total. The Labute approximate surface area is 127 Å². The lowest BCUT2D eigenvalue weighted by molar-refractivity contribution is 0.220. The van der Waals surface area contributed by atoms with Gasteiger partial charge in [0.2, 0.25) is 0 Å². The standard InChI is InChI=1S/C19H23NO/c1-15-8-7-9-16(14-15)19(21)17-10-3-4-11-18(17)20-12-5-2-6-13-20/h3-4,7-11,14,19,21H,2,5-6,12-13H2,1H3. The number of benzene rings is 2. The van der Waals surface area contributed by atoms with Crippen molar-refractivity contribution >= 4 is 5.69 Å². The first-order chi connectivity index (χ1) is 10.3. The van der Waals surface area contributed by atoms with Crippen molar-refractivity contribution in [2.24, 2.45) is 0 Å². The summed E-state index contributed by atoms with van der Waals surface area (Å²) in [7, 11) is 0. The Hall–Kier alpha value is -1.80. The summed E-state index contributed by atoms with van der Waals surface area (Å²) in [6, 6.07) is 16.4. The highest BCUT2D eigenvalue weighted by atomic mass is 16.3. The van der Waals surface area contributed by atoms with E-state index in [1.54, 1.807) is 0 Å². The Morgan fingerprint density at radius 3 is 2.48 bits per heavy atom. The fourth-order valence-electron chi connectivity index (χ4n) is 3.16. The summed E-state index contributed by atoms with van der Waals surface area (Å²) >= 11 is 0. The Morgan fingerprint density at radius 2 is 1.71 bits per heavy atom. The topological polar surface area (TPSA) is 23.5 Å². The zero-order valence-corrected chi connectivity index (χ0v) is 12.6. The van der Waals surface area contributed by atoms with Crippen LogP contribution in [0.25, 0.3) is 0 Å². The van der Waals surface area contributed by atoms with E-state index in [-0.39, 0.29) is 0 Å². The molecule has 1 aliphatic rings. The summed E-state index contributed by atoms with van der Waals surface area (Å²) in [5.74, 6) is 0. The van der Waals surface area contributed by atoms with Crippen molar-refractivity contribution in [3.05, 3.63) is 65.2 Å². The molecule has 1 unspecified atom stereocenters. The molecule has 1 heterocycles. The minimum atomic E-state index is -0.553. The van der Waals surface area contributed by atoms with Crippen LogP contribution < -0.4 is 4.90 Å². The van der Waals surface area contributed by atoms with Crippen molar-refractivity contribution in [2.45, 2.75) is 32.3 Å². The number of nitrogens with zero attached hydrogens (tertiary/aromatic N) is 1. The monoisotopic (exact) mass is 281 g/mol. The predicted molar refractivity (Wildman–Crippen MR) is 87.7 cm³/mol. The van der Waals surface area contributed by atoms with E-state index in [1.807, 2.05) is 18.2 Å². The lowest BCUT2D eigenvalue weighted by Crippen LogP contribution is -2.30. The molecule has 1 fully saturated rings. The average Bonchev–Trinajstić information content (AvgIpc) is 2.55. The van der Waals surface area contributed by atoms with Gasteiger partial charge in [0.25, 0.3) is 0 Å². The fourth-order valence-corrected chi connectivity index (χ4v) is 3.16. The molecule has 0 aliphatic carbocycles. The third-order valence-corrected chi connectivity index (χ3v) is 4.29. The van der Waals surface area contributed by atoms with Gasteiger partial charge in [-0.3, -0.25) is 0 Å². The first kappa shape index (κ1) is 14.2. The second-order valence-electron chi connectivity index (χ2n) is 5.92. The molecule has 110 valence electrons. The van der Waals surface area contributed by atoms with Gasteiger partial charge < -0.3 is 10.0 Å². The van der Waals surface area contributed by atoms with Crippen molar-refractivity contribution in [3.8, 4) is 0 Å². The molecule has 0 amide bonds. The van der Waals surface area contributed by atoms with Crippen LogP contribution >= 0.6 is 0 Å². The normalized spacial score (nSPS) is 16.8. The molecule has 21 heavy (non-hydrogen) atoms. The molecular formula is C19H23NO. The molecule has 1 N–H and O–H groups in total. The second kappa shape index (κ2) is 6.31. The third-order valence-electron chi connectivity index (χ3n) is 4.29. The molecule has 0 aromatic heterocycles. The number of aryl methyl sites for hydroxylation is 1. The van der Waals surface area contributed by atoms with Gasteiger partial charge >= 0.3 is 0 Å². The minimum absolute atomic E-state index is 0.553. The Balaban J connectivity index is 1.94. The molecule has 2 aromatic carbocycles. The summed E-state index contributed by atoms with van der Waals surface area (Å²) in [5, 5.41) is 10.8. The van der Waals surface area contributed by atoms with Gasteiger partial charge in [-0.25, -0.2) is 0 Å². The maximum absolute atomic E-state index is 10.8. The highest BCUT2D eigenvalue weighted by Crippen LogP contribution is 2.32. The van der Waals surface area contributed by atoms with E-state index in [9.17, 15) is 5.11 Å². The van der Waals surface area contributed by atoms with Gasteiger partial charge in [0, 0.05) is 24.3 Å². The Kier molecular flexibility index (Phi) is 4.26. The largest absolute Gasteiger partial charge is 0.384 e. The molecule has 0 spiro atoms. The summed E-state index contributed by atoms with van der Waals surface area (Å²) in [6.45, 7) is 4.25. The maximum atomic E-state index is 10.8. The van der Waals surface area contributed by atoms with Crippen molar-refractivity contribution < 1.29 is 5.11 Å². The van der Waals surface area contributed by atoms with E-state index < -0.39 is 6.10 Å². The second-order valence-corrected chi connectivity index (χ2v) is 5.92. The molecule has 3 rings (SSSR count). The van der Waals surface area contributed by atoms with Gasteiger partial charge in [-0.1, -0.05) is 48.0 Å². The van der Waals surface area contributed by atoms with E-state index in [4.69, 9.17) is 0 Å². The molecule has 0 radical (unpaired) electrons. The summed E-state index contributed by atoms with van der Waals surface area (Å²) < 4.78 is 0. The number of aliphatic hydroxyl groups is 1. The number of aliphatic hydroxyl groups excluding tert-OH is 1. The molecular weight excluding hydrogens is 258 g/mol. The lowest BCUT2D eigenvalue weighted by atomic mass is 9.97. The molecule has 1 atom stereocenters. The van der Waals surface area contributed by atoms with Gasteiger partial charge in [0.05, 0.1) is 0 Å². The van der Waals surface area contributed by atoms with Crippen LogP contribution in [-0.2, 0) is 0 Å². The molecule has 2 heteroatoms. The van der Waals surface area contributed by atoms with Crippen LogP contribution in [0.3, 0.4) is 0 Å². The van der Waals surface area contributed by atoms with E-state index in [1.165, 1.54) is 30.5 Å². The van der Waals surface area contributed by atoms with Gasteiger partial charge in [0.1, 0.15) is 6.10 Å². The first-order valence-corrected chi connectivity index (χ1v) is 7.84. The first-order valence-electron chi connectivity index (χ1n) is 7.84. The van der Waals surface area contributed by atoms with Gasteiger partial charge in [-0.15, -0.1) is 0 Å². The van der Waals surface area contributed by atoms with Crippen LogP contribution in [0, 0.1) is 6.92 Å². The highest BCUT2D eigenvalue weighted by molar-refractivity contribution is 5.56. The summed E-state index contributed by atoms with van der Waals surface area (Å²) in [4.78, 5) is 2.41. The number of piperidine rings is 1. The number of para-hydroxylation sites is 1. The smallest absolute Gasteiger partial charge is 0.106 e. The van der Waals surface area contributed by atoms with Crippen LogP contribution in [-0.4, -0.2) is 18.2 Å². The SMILES string of the molecule is Cc1cccc(C(O)c2ccccc2N2CCCCC2)c1. The molecule has 0 saturated carbocycles.